The lowest BCUT2D eigenvalue weighted by Crippen LogP contribution is -2.48. The molecule has 24 heavy (non-hydrogen) atoms. The van der Waals surface area contributed by atoms with Crippen molar-refractivity contribution in [2.75, 3.05) is 5.32 Å². The standard InChI is InChI=1S/C17H24FN3O3/c1-10(2)24-15-8-7-11(18)9-14(15)21-17(23)20-13-6-4-3-5-12(13)16(19)22/h7-10,12-13H,3-6H2,1-2H3,(H2,19,22)(H2,20,21,23). The van der Waals surface area contributed by atoms with E-state index in [1.807, 2.05) is 13.8 Å². The molecule has 1 aliphatic rings. The second kappa shape index (κ2) is 7.99. The summed E-state index contributed by atoms with van der Waals surface area (Å²) in [6.07, 6.45) is 3.10. The number of benzene rings is 1. The molecule has 0 aliphatic heterocycles. The fourth-order valence-electron chi connectivity index (χ4n) is 2.93. The van der Waals surface area contributed by atoms with E-state index in [2.05, 4.69) is 10.6 Å². The Hall–Kier alpha value is -2.31. The van der Waals surface area contributed by atoms with Crippen LogP contribution in [0.15, 0.2) is 18.2 Å². The van der Waals surface area contributed by atoms with Crippen LogP contribution in [0, 0.1) is 11.7 Å². The molecule has 2 atom stereocenters. The summed E-state index contributed by atoms with van der Waals surface area (Å²) in [5.74, 6) is -0.872. The summed E-state index contributed by atoms with van der Waals surface area (Å²) in [4.78, 5) is 23.8. The molecule has 0 heterocycles. The van der Waals surface area contributed by atoms with Crippen LogP contribution in [-0.4, -0.2) is 24.1 Å². The first-order chi connectivity index (χ1) is 11.4. The molecule has 1 aromatic rings. The van der Waals surface area contributed by atoms with Crippen molar-refractivity contribution >= 4 is 17.6 Å². The Morgan fingerprint density at radius 2 is 2.00 bits per heavy atom. The summed E-state index contributed by atoms with van der Waals surface area (Å²) in [5, 5.41) is 5.37. The van der Waals surface area contributed by atoms with Gasteiger partial charge in [-0.2, -0.15) is 0 Å². The van der Waals surface area contributed by atoms with E-state index >= 15 is 0 Å². The van der Waals surface area contributed by atoms with Crippen molar-refractivity contribution in [3.63, 3.8) is 0 Å². The molecule has 1 saturated carbocycles. The molecule has 2 rings (SSSR count). The van der Waals surface area contributed by atoms with E-state index in [1.54, 1.807) is 0 Å². The van der Waals surface area contributed by atoms with Crippen molar-refractivity contribution in [1.82, 2.24) is 5.32 Å². The predicted octanol–water partition coefficient (Wildman–Crippen LogP) is 2.78. The van der Waals surface area contributed by atoms with Crippen molar-refractivity contribution < 1.29 is 18.7 Å². The summed E-state index contributed by atoms with van der Waals surface area (Å²) in [5.41, 5.74) is 5.65. The number of nitrogens with two attached hydrogens (primary N) is 1. The van der Waals surface area contributed by atoms with Gasteiger partial charge >= 0.3 is 6.03 Å². The highest BCUT2D eigenvalue weighted by molar-refractivity contribution is 5.91. The highest BCUT2D eigenvalue weighted by atomic mass is 19.1. The highest BCUT2D eigenvalue weighted by Gasteiger charge is 2.30. The van der Waals surface area contributed by atoms with Crippen LogP contribution < -0.4 is 21.1 Å². The van der Waals surface area contributed by atoms with E-state index in [1.165, 1.54) is 18.2 Å². The van der Waals surface area contributed by atoms with Crippen molar-refractivity contribution in [1.29, 1.82) is 0 Å². The van der Waals surface area contributed by atoms with E-state index in [-0.39, 0.29) is 23.8 Å². The Bertz CT molecular complexity index is 607. The average Bonchev–Trinajstić information content (AvgIpc) is 2.50. The minimum Gasteiger partial charge on any atom is -0.489 e. The van der Waals surface area contributed by atoms with Gasteiger partial charge in [0.1, 0.15) is 11.6 Å². The molecule has 0 bridgehead atoms. The number of halogens is 1. The first kappa shape index (κ1) is 18.0. The molecule has 3 amide bonds. The van der Waals surface area contributed by atoms with Crippen LogP contribution in [0.2, 0.25) is 0 Å². The SMILES string of the molecule is CC(C)Oc1ccc(F)cc1NC(=O)NC1CCCCC1C(N)=O. The van der Waals surface area contributed by atoms with Crippen molar-refractivity contribution in [3.05, 3.63) is 24.0 Å². The van der Waals surface area contributed by atoms with Gasteiger partial charge in [-0.25, -0.2) is 9.18 Å². The van der Waals surface area contributed by atoms with Crippen LogP contribution in [0.1, 0.15) is 39.5 Å². The lowest BCUT2D eigenvalue weighted by molar-refractivity contribution is -0.123. The molecule has 6 nitrogen and oxygen atoms in total. The molecule has 4 N–H and O–H groups in total. The fourth-order valence-corrected chi connectivity index (χ4v) is 2.93. The first-order valence-corrected chi connectivity index (χ1v) is 8.20. The molecule has 0 saturated heterocycles. The molecule has 7 heteroatoms. The minimum atomic E-state index is -0.507. The zero-order valence-corrected chi connectivity index (χ0v) is 14.0. The Balaban J connectivity index is 2.06. The molecule has 132 valence electrons. The topological polar surface area (TPSA) is 93.4 Å². The number of rotatable bonds is 5. The van der Waals surface area contributed by atoms with Gasteiger partial charge in [0.25, 0.3) is 0 Å². The zero-order valence-electron chi connectivity index (χ0n) is 14.0. The zero-order chi connectivity index (χ0) is 17.7. The van der Waals surface area contributed by atoms with Crippen LogP contribution in [0.3, 0.4) is 0 Å². The summed E-state index contributed by atoms with van der Waals surface area (Å²) in [7, 11) is 0. The van der Waals surface area contributed by atoms with Crippen molar-refractivity contribution in [2.24, 2.45) is 11.7 Å². The second-order valence-corrected chi connectivity index (χ2v) is 6.31. The monoisotopic (exact) mass is 337 g/mol. The Morgan fingerprint density at radius 3 is 2.67 bits per heavy atom. The largest absolute Gasteiger partial charge is 0.489 e. The molecule has 0 radical (unpaired) electrons. The summed E-state index contributed by atoms with van der Waals surface area (Å²) >= 11 is 0. The maximum absolute atomic E-state index is 13.5. The average molecular weight is 337 g/mol. The lowest BCUT2D eigenvalue weighted by atomic mass is 9.84. The third kappa shape index (κ3) is 4.84. The first-order valence-electron chi connectivity index (χ1n) is 8.20. The number of ether oxygens (including phenoxy) is 1. The molecule has 0 aromatic heterocycles. The molecule has 2 unspecified atom stereocenters. The third-order valence-electron chi connectivity index (χ3n) is 4.00. The van der Waals surface area contributed by atoms with E-state index in [0.717, 1.165) is 12.8 Å². The maximum atomic E-state index is 13.5. The van der Waals surface area contributed by atoms with Crippen molar-refractivity contribution in [2.45, 2.75) is 51.7 Å². The van der Waals surface area contributed by atoms with Gasteiger partial charge in [0.15, 0.2) is 0 Å². The summed E-state index contributed by atoms with van der Waals surface area (Å²) in [6.45, 7) is 3.68. The van der Waals surface area contributed by atoms with Gasteiger partial charge in [-0.15, -0.1) is 0 Å². The number of carbonyl (C=O) groups is 2. The molecule has 1 aliphatic carbocycles. The van der Waals surface area contributed by atoms with Gasteiger partial charge in [0.05, 0.1) is 17.7 Å². The quantitative estimate of drug-likeness (QED) is 0.771. The Kier molecular flexibility index (Phi) is 6.00. The Labute approximate surface area is 140 Å². The predicted molar refractivity (Wildman–Crippen MR) is 89.3 cm³/mol. The number of anilines is 1. The molecule has 0 spiro atoms. The lowest BCUT2D eigenvalue weighted by Gasteiger charge is -2.30. The number of hydrogen-bond donors (Lipinski definition) is 3. The van der Waals surface area contributed by atoms with Gasteiger partial charge in [-0.1, -0.05) is 12.8 Å². The van der Waals surface area contributed by atoms with Crippen molar-refractivity contribution in [3.8, 4) is 5.75 Å². The fraction of sp³-hybridized carbons (Fsp3) is 0.529. The highest BCUT2D eigenvalue weighted by Crippen LogP contribution is 2.27. The molecule has 1 aromatic carbocycles. The maximum Gasteiger partial charge on any atom is 0.319 e. The van der Waals surface area contributed by atoms with E-state index in [9.17, 15) is 14.0 Å². The van der Waals surface area contributed by atoms with Crippen LogP contribution >= 0.6 is 0 Å². The van der Waals surface area contributed by atoms with Crippen LogP contribution in [0.5, 0.6) is 5.75 Å². The smallest absolute Gasteiger partial charge is 0.319 e. The summed E-state index contributed by atoms with van der Waals surface area (Å²) < 4.78 is 19.0. The van der Waals surface area contributed by atoms with Crippen LogP contribution in [-0.2, 0) is 4.79 Å². The van der Waals surface area contributed by atoms with Crippen LogP contribution in [0.25, 0.3) is 0 Å². The Morgan fingerprint density at radius 1 is 1.29 bits per heavy atom. The second-order valence-electron chi connectivity index (χ2n) is 6.31. The number of nitrogens with one attached hydrogen (secondary N) is 2. The third-order valence-corrected chi connectivity index (χ3v) is 4.00. The molecule has 1 fully saturated rings. The number of hydrogen-bond acceptors (Lipinski definition) is 3. The molecular weight excluding hydrogens is 313 g/mol. The number of amides is 3. The molecular formula is C17H24FN3O3. The van der Waals surface area contributed by atoms with E-state index in [4.69, 9.17) is 10.5 Å². The number of primary amides is 1. The minimum absolute atomic E-state index is 0.114. The van der Waals surface area contributed by atoms with E-state index in [0.29, 0.717) is 18.6 Å². The number of carbonyl (C=O) groups excluding carboxylic acids is 2. The van der Waals surface area contributed by atoms with E-state index < -0.39 is 17.8 Å². The number of urea groups is 1. The van der Waals surface area contributed by atoms with Gasteiger partial charge in [0, 0.05) is 12.1 Å². The van der Waals surface area contributed by atoms with Gasteiger partial charge < -0.3 is 21.1 Å². The summed E-state index contributed by atoms with van der Waals surface area (Å²) in [6, 6.07) is 3.12. The van der Waals surface area contributed by atoms with Gasteiger partial charge in [-0.05, 0) is 38.8 Å². The van der Waals surface area contributed by atoms with Gasteiger partial charge in [-0.3, -0.25) is 4.79 Å². The van der Waals surface area contributed by atoms with Gasteiger partial charge in [0.2, 0.25) is 5.91 Å². The van der Waals surface area contributed by atoms with Crippen LogP contribution in [0.4, 0.5) is 14.9 Å². The normalized spacial score (nSPS) is 20.5.